The number of carbonyl (C=O) groups excluding carboxylic acids is 1. The number of rotatable bonds is 5. The second-order valence-corrected chi connectivity index (χ2v) is 11.7. The molecule has 3 aromatic rings. The first kappa shape index (κ1) is 25.5. The number of benzene rings is 2. The van der Waals surface area contributed by atoms with Crippen molar-refractivity contribution in [1.29, 1.82) is 0 Å². The van der Waals surface area contributed by atoms with Gasteiger partial charge in [0.15, 0.2) is 17.4 Å². The number of halogens is 3. The first-order valence-electron chi connectivity index (χ1n) is 12.3. The smallest absolute Gasteiger partial charge is 0.243 e. The maximum atomic E-state index is 14.1. The van der Waals surface area contributed by atoms with E-state index in [2.05, 4.69) is 10.4 Å². The molecule has 1 fully saturated rings. The molecular formula is C28H23F3N4O3S. The summed E-state index contributed by atoms with van der Waals surface area (Å²) in [7, 11) is -4.26. The Morgan fingerprint density at radius 2 is 1.82 bits per heavy atom. The van der Waals surface area contributed by atoms with Crippen molar-refractivity contribution in [1.82, 2.24) is 14.7 Å². The van der Waals surface area contributed by atoms with Gasteiger partial charge in [-0.05, 0) is 72.7 Å². The Balaban J connectivity index is 1.43. The standard InChI is InChI=1S/C28H23F3N4O3S/c29-20-4-6-21(7-5-20)35-26-13-19-10-12-34(39(37,38)22-8-9-23(30)24(31)14-22)17-28(19,15-18(26)16-33-35)27(36)25-3-1-2-11-32-25/h1-11,13-14,18,33H,12,15-17H2/t18?,28-/m0/s1. The summed E-state index contributed by atoms with van der Waals surface area (Å²) in [6, 6.07) is 13.4. The van der Waals surface area contributed by atoms with Gasteiger partial charge in [0.25, 0.3) is 0 Å². The van der Waals surface area contributed by atoms with E-state index in [9.17, 15) is 26.4 Å². The maximum Gasteiger partial charge on any atom is 0.243 e. The van der Waals surface area contributed by atoms with E-state index in [1.807, 2.05) is 11.1 Å². The molecule has 3 aliphatic rings. The van der Waals surface area contributed by atoms with Crippen LogP contribution in [-0.4, -0.2) is 43.1 Å². The molecular weight excluding hydrogens is 529 g/mol. The van der Waals surface area contributed by atoms with E-state index in [4.69, 9.17) is 0 Å². The van der Waals surface area contributed by atoms with Crippen LogP contribution < -0.4 is 10.4 Å². The molecule has 2 aliphatic heterocycles. The largest absolute Gasteiger partial charge is 0.291 e. The Bertz CT molecular complexity index is 1630. The van der Waals surface area contributed by atoms with Crippen molar-refractivity contribution < 1.29 is 26.4 Å². The molecule has 0 saturated carbocycles. The minimum absolute atomic E-state index is 0.0632. The second kappa shape index (κ2) is 9.44. The average molecular weight is 553 g/mol. The fraction of sp³-hybridized carbons (Fsp3) is 0.214. The van der Waals surface area contributed by atoms with Gasteiger partial charge in [-0.2, -0.15) is 4.31 Å². The predicted octanol–water partition coefficient (Wildman–Crippen LogP) is 4.23. The number of hydrogen-bond donors (Lipinski definition) is 1. The number of anilines is 1. The third kappa shape index (κ3) is 4.26. The van der Waals surface area contributed by atoms with Gasteiger partial charge in [-0.15, -0.1) is 0 Å². The van der Waals surface area contributed by atoms with Crippen molar-refractivity contribution >= 4 is 21.5 Å². The zero-order chi connectivity index (χ0) is 27.4. The van der Waals surface area contributed by atoms with Gasteiger partial charge in [-0.25, -0.2) is 27.0 Å². The number of fused-ring (bicyclic) bond motifs is 2. The molecule has 0 spiro atoms. The monoisotopic (exact) mass is 552 g/mol. The topological polar surface area (TPSA) is 82.6 Å². The molecule has 0 amide bonds. The van der Waals surface area contributed by atoms with E-state index in [0.29, 0.717) is 18.2 Å². The van der Waals surface area contributed by atoms with Crippen LogP contribution in [0.5, 0.6) is 0 Å². The zero-order valence-corrected chi connectivity index (χ0v) is 21.3. The minimum Gasteiger partial charge on any atom is -0.291 e. The van der Waals surface area contributed by atoms with Gasteiger partial charge in [0, 0.05) is 37.4 Å². The summed E-state index contributed by atoms with van der Waals surface area (Å²) >= 11 is 0. The lowest BCUT2D eigenvalue weighted by Gasteiger charge is -2.45. The Labute approximate surface area is 223 Å². The van der Waals surface area contributed by atoms with Gasteiger partial charge in [0.1, 0.15) is 11.5 Å². The quantitative estimate of drug-likeness (QED) is 0.478. The van der Waals surface area contributed by atoms with Gasteiger partial charge < -0.3 is 0 Å². The summed E-state index contributed by atoms with van der Waals surface area (Å²) in [5.74, 6) is -3.27. The van der Waals surface area contributed by atoms with Crippen LogP contribution in [-0.2, 0) is 10.0 Å². The summed E-state index contributed by atoms with van der Waals surface area (Å²) in [5.41, 5.74) is 4.51. The van der Waals surface area contributed by atoms with Crippen molar-refractivity contribution in [2.75, 3.05) is 24.6 Å². The average Bonchev–Trinajstić information content (AvgIpc) is 3.35. The number of hydrogen-bond acceptors (Lipinski definition) is 6. The van der Waals surface area contributed by atoms with E-state index in [-0.39, 0.29) is 42.7 Å². The zero-order valence-electron chi connectivity index (χ0n) is 20.5. The van der Waals surface area contributed by atoms with Crippen molar-refractivity contribution in [3.8, 4) is 0 Å². The molecule has 11 heteroatoms. The normalized spacial score (nSPS) is 23.1. The van der Waals surface area contributed by atoms with Crippen LogP contribution in [0.3, 0.4) is 0 Å². The first-order chi connectivity index (χ1) is 18.7. The van der Waals surface area contributed by atoms with Crippen molar-refractivity contribution in [3.05, 3.63) is 113 Å². The van der Waals surface area contributed by atoms with Crippen molar-refractivity contribution in [2.24, 2.45) is 11.3 Å². The van der Waals surface area contributed by atoms with Crippen LogP contribution in [0, 0.1) is 28.8 Å². The number of hydrazine groups is 1. The summed E-state index contributed by atoms with van der Waals surface area (Å²) < 4.78 is 69.2. The first-order valence-corrected chi connectivity index (χ1v) is 13.8. The molecule has 1 saturated heterocycles. The molecule has 0 radical (unpaired) electrons. The molecule has 39 heavy (non-hydrogen) atoms. The van der Waals surface area contributed by atoms with Gasteiger partial charge in [0.05, 0.1) is 16.0 Å². The summed E-state index contributed by atoms with van der Waals surface area (Å²) in [4.78, 5) is 18.0. The second-order valence-electron chi connectivity index (χ2n) is 9.80. The Kier molecular flexibility index (Phi) is 6.17. The number of allylic oxidation sites excluding steroid dienone is 1. The highest BCUT2D eigenvalue weighted by Gasteiger charge is 2.53. The third-order valence-corrected chi connectivity index (χ3v) is 9.34. The van der Waals surface area contributed by atoms with E-state index in [0.717, 1.165) is 27.8 Å². The van der Waals surface area contributed by atoms with E-state index >= 15 is 0 Å². The number of carbonyl (C=O) groups is 1. The van der Waals surface area contributed by atoms with Crippen LogP contribution in [0.25, 0.3) is 0 Å². The minimum atomic E-state index is -4.26. The number of nitrogens with zero attached hydrogens (tertiary/aromatic N) is 3. The molecule has 2 atom stereocenters. The van der Waals surface area contributed by atoms with Gasteiger partial charge >= 0.3 is 0 Å². The maximum absolute atomic E-state index is 14.1. The number of ketones is 1. The lowest BCUT2D eigenvalue weighted by molar-refractivity contribution is 0.0761. The molecule has 1 N–H and O–H groups in total. The van der Waals surface area contributed by atoms with Gasteiger partial charge in [0.2, 0.25) is 10.0 Å². The van der Waals surface area contributed by atoms with E-state index in [1.165, 1.54) is 18.3 Å². The fourth-order valence-corrected chi connectivity index (χ4v) is 7.04. The van der Waals surface area contributed by atoms with Crippen LogP contribution in [0.4, 0.5) is 18.9 Å². The van der Waals surface area contributed by atoms with Crippen LogP contribution in [0.15, 0.2) is 95.2 Å². The van der Waals surface area contributed by atoms with Gasteiger partial charge in [-0.3, -0.25) is 14.8 Å². The number of Topliss-reactive ketones (excluding diaryl/α,β-unsaturated/α-hetero) is 1. The molecule has 1 aromatic heterocycles. The van der Waals surface area contributed by atoms with Crippen molar-refractivity contribution in [2.45, 2.75) is 11.3 Å². The lowest BCUT2D eigenvalue weighted by atomic mass is 9.64. The van der Waals surface area contributed by atoms with Crippen molar-refractivity contribution in [3.63, 3.8) is 0 Å². The Morgan fingerprint density at radius 3 is 2.54 bits per heavy atom. The molecule has 1 unspecified atom stereocenters. The molecule has 3 heterocycles. The Morgan fingerprint density at radius 1 is 1.03 bits per heavy atom. The summed E-state index contributed by atoms with van der Waals surface area (Å²) in [5, 5.41) is 1.85. The molecule has 2 aromatic carbocycles. The number of pyridine rings is 1. The van der Waals surface area contributed by atoms with Gasteiger partial charge in [-0.1, -0.05) is 12.1 Å². The van der Waals surface area contributed by atoms with Crippen LogP contribution in [0.1, 0.15) is 16.9 Å². The van der Waals surface area contributed by atoms with E-state index in [1.54, 1.807) is 36.4 Å². The predicted molar refractivity (Wildman–Crippen MR) is 137 cm³/mol. The SMILES string of the molecule is O=C(c1ccccn1)[C@]12CC3CNN(c4ccc(F)cc4)C3=CC1=CCN(S(=O)(=O)c1ccc(F)c(F)c1)C2. The molecule has 1 aliphatic carbocycles. The fourth-order valence-electron chi connectivity index (χ4n) is 5.59. The number of nitrogens with one attached hydrogen (secondary N) is 1. The summed E-state index contributed by atoms with van der Waals surface area (Å²) in [6.07, 6.45) is 5.37. The highest BCUT2D eigenvalue weighted by Crippen LogP contribution is 2.50. The van der Waals surface area contributed by atoms with Crippen LogP contribution >= 0.6 is 0 Å². The molecule has 6 rings (SSSR count). The molecule has 0 bridgehead atoms. The van der Waals surface area contributed by atoms with E-state index < -0.39 is 32.0 Å². The Hall–Kier alpha value is -3.80. The molecule has 200 valence electrons. The highest BCUT2D eigenvalue weighted by molar-refractivity contribution is 7.89. The number of aromatic nitrogens is 1. The number of sulfonamides is 1. The van der Waals surface area contributed by atoms with Crippen LogP contribution in [0.2, 0.25) is 0 Å². The highest BCUT2D eigenvalue weighted by atomic mass is 32.2. The molecule has 7 nitrogen and oxygen atoms in total. The summed E-state index contributed by atoms with van der Waals surface area (Å²) in [6.45, 7) is 0.225. The lowest BCUT2D eigenvalue weighted by Crippen LogP contribution is -2.52. The third-order valence-electron chi connectivity index (χ3n) is 7.53.